The van der Waals surface area contributed by atoms with Crippen LogP contribution in [0.2, 0.25) is 0 Å². The molecular weight excluding hydrogens is 364 g/mol. The van der Waals surface area contributed by atoms with Crippen LogP contribution in [-0.2, 0) is 0 Å². The van der Waals surface area contributed by atoms with Crippen LogP contribution < -0.4 is 5.73 Å². The number of nitrogens with two attached hydrogens (primary N) is 1. The number of pyridine rings is 1. The number of hydrogen-bond donors (Lipinski definition) is 1. The first-order chi connectivity index (χ1) is 13.6. The molecule has 0 spiro atoms. The second-order valence-corrected chi connectivity index (χ2v) is 5.83. The summed E-state index contributed by atoms with van der Waals surface area (Å²) in [7, 11) is 0. The van der Waals surface area contributed by atoms with Crippen LogP contribution in [0.5, 0.6) is 0 Å². The van der Waals surface area contributed by atoms with Gasteiger partial charge in [0.1, 0.15) is 11.5 Å². The third-order valence-electron chi connectivity index (χ3n) is 4.14. The highest BCUT2D eigenvalue weighted by Crippen LogP contribution is 2.30. The molecule has 2 N–H and O–H groups in total. The summed E-state index contributed by atoms with van der Waals surface area (Å²) < 4.78 is 28.9. The Kier molecular flexibility index (Phi) is 4.21. The number of nitrogen functional groups attached to an aromatic ring is 1. The molecule has 2 aromatic carbocycles. The van der Waals surface area contributed by atoms with Gasteiger partial charge >= 0.3 is 0 Å². The van der Waals surface area contributed by atoms with E-state index in [1.807, 2.05) is 0 Å². The van der Waals surface area contributed by atoms with E-state index in [0.29, 0.717) is 16.7 Å². The van der Waals surface area contributed by atoms with Crippen molar-refractivity contribution < 1.29 is 8.78 Å². The number of tetrazole rings is 1. The minimum absolute atomic E-state index is 0.116. The van der Waals surface area contributed by atoms with Gasteiger partial charge in [0.25, 0.3) is 0 Å². The number of halogens is 2. The highest BCUT2D eigenvalue weighted by Gasteiger charge is 2.19. The fourth-order valence-electron chi connectivity index (χ4n) is 2.72. The van der Waals surface area contributed by atoms with Gasteiger partial charge in [0.05, 0.1) is 17.2 Å². The standard InChI is InChI=1S/C19H11F2N7/c20-15-2-1-3-16(17(15)21)28-19(25-26-27-28)14-8-13(10-24-18(14)23)12-6-4-11(9-22)5-7-12/h1-8,10H,(H2,23,24). The first-order valence-corrected chi connectivity index (χ1v) is 8.07. The molecule has 0 aliphatic heterocycles. The lowest BCUT2D eigenvalue weighted by Crippen LogP contribution is -2.06. The smallest absolute Gasteiger partial charge is 0.190 e. The maximum atomic E-state index is 14.2. The van der Waals surface area contributed by atoms with E-state index < -0.39 is 11.6 Å². The molecule has 4 aromatic rings. The fraction of sp³-hybridized carbons (Fsp3) is 0. The molecule has 2 aromatic heterocycles. The molecule has 0 fully saturated rings. The van der Waals surface area contributed by atoms with Gasteiger partial charge in [-0.1, -0.05) is 18.2 Å². The molecule has 28 heavy (non-hydrogen) atoms. The van der Waals surface area contributed by atoms with E-state index in [1.165, 1.54) is 12.1 Å². The van der Waals surface area contributed by atoms with Crippen molar-refractivity contribution >= 4 is 5.82 Å². The molecule has 0 aliphatic rings. The maximum Gasteiger partial charge on any atom is 0.190 e. The molecule has 0 atom stereocenters. The summed E-state index contributed by atoms with van der Waals surface area (Å²) in [5.41, 5.74) is 8.21. The molecule has 0 unspecified atom stereocenters. The largest absolute Gasteiger partial charge is 0.383 e. The Morgan fingerprint density at radius 1 is 1.04 bits per heavy atom. The van der Waals surface area contributed by atoms with Crippen LogP contribution in [0.1, 0.15) is 5.56 Å². The van der Waals surface area contributed by atoms with Crippen molar-refractivity contribution in [1.82, 2.24) is 25.2 Å². The van der Waals surface area contributed by atoms with E-state index >= 15 is 0 Å². The molecule has 0 saturated carbocycles. The minimum Gasteiger partial charge on any atom is -0.383 e. The molecule has 7 nitrogen and oxygen atoms in total. The van der Waals surface area contributed by atoms with Gasteiger partial charge in [0.2, 0.25) is 0 Å². The zero-order chi connectivity index (χ0) is 19.7. The van der Waals surface area contributed by atoms with E-state index in [2.05, 4.69) is 26.6 Å². The van der Waals surface area contributed by atoms with Crippen LogP contribution in [-0.4, -0.2) is 25.2 Å². The zero-order valence-electron chi connectivity index (χ0n) is 14.2. The predicted octanol–water partition coefficient (Wildman–Crippen LogP) is 3.12. The Balaban J connectivity index is 1.84. The van der Waals surface area contributed by atoms with Crippen LogP contribution in [0.3, 0.4) is 0 Å². The molecular formula is C19H11F2N7. The molecule has 0 saturated heterocycles. The maximum absolute atomic E-state index is 14.2. The van der Waals surface area contributed by atoms with Crippen LogP contribution in [0, 0.1) is 23.0 Å². The summed E-state index contributed by atoms with van der Waals surface area (Å²) in [6.07, 6.45) is 1.57. The lowest BCUT2D eigenvalue weighted by Gasteiger charge is -2.09. The third-order valence-corrected chi connectivity index (χ3v) is 4.14. The van der Waals surface area contributed by atoms with Gasteiger partial charge in [-0.05, 0) is 46.3 Å². The number of aromatic nitrogens is 5. The molecule has 9 heteroatoms. The van der Waals surface area contributed by atoms with Gasteiger partial charge in [0, 0.05) is 11.8 Å². The fourth-order valence-corrected chi connectivity index (χ4v) is 2.72. The highest BCUT2D eigenvalue weighted by molar-refractivity contribution is 5.76. The Morgan fingerprint density at radius 3 is 2.57 bits per heavy atom. The SMILES string of the molecule is N#Cc1ccc(-c2cnc(N)c(-c3nnnn3-c3cccc(F)c3F)c2)cc1. The number of rotatable bonds is 3. The molecule has 0 bridgehead atoms. The second kappa shape index (κ2) is 6.85. The summed E-state index contributed by atoms with van der Waals surface area (Å²) in [6.45, 7) is 0. The Labute approximate surface area is 157 Å². The molecule has 136 valence electrons. The minimum atomic E-state index is -1.08. The van der Waals surface area contributed by atoms with Gasteiger partial charge < -0.3 is 5.73 Å². The van der Waals surface area contributed by atoms with Gasteiger partial charge in [0.15, 0.2) is 17.5 Å². The quantitative estimate of drug-likeness (QED) is 0.590. The number of benzene rings is 2. The summed E-state index contributed by atoms with van der Waals surface area (Å²) in [5.74, 6) is -1.85. The molecule has 2 heterocycles. The van der Waals surface area contributed by atoms with E-state index in [1.54, 1.807) is 36.5 Å². The monoisotopic (exact) mass is 375 g/mol. The van der Waals surface area contributed by atoms with Crippen LogP contribution >= 0.6 is 0 Å². The van der Waals surface area contributed by atoms with E-state index in [0.717, 1.165) is 16.3 Å². The number of nitrogens with zero attached hydrogens (tertiary/aromatic N) is 6. The van der Waals surface area contributed by atoms with E-state index in [4.69, 9.17) is 11.0 Å². The van der Waals surface area contributed by atoms with Crippen molar-refractivity contribution in [1.29, 1.82) is 5.26 Å². The van der Waals surface area contributed by atoms with Gasteiger partial charge in [-0.2, -0.15) is 9.94 Å². The third kappa shape index (κ3) is 2.93. The first-order valence-electron chi connectivity index (χ1n) is 8.07. The molecule has 0 aliphatic carbocycles. The predicted molar refractivity (Wildman–Crippen MR) is 96.9 cm³/mol. The highest BCUT2D eigenvalue weighted by atomic mass is 19.2. The van der Waals surface area contributed by atoms with Gasteiger partial charge in [-0.25, -0.2) is 13.8 Å². The van der Waals surface area contributed by atoms with Crippen molar-refractivity contribution in [3.63, 3.8) is 0 Å². The summed E-state index contributed by atoms with van der Waals surface area (Å²) in [5, 5.41) is 20.2. The number of anilines is 1. The van der Waals surface area contributed by atoms with Crippen molar-refractivity contribution in [2.45, 2.75) is 0 Å². The van der Waals surface area contributed by atoms with Crippen molar-refractivity contribution in [2.24, 2.45) is 0 Å². The number of hydrogen-bond acceptors (Lipinski definition) is 6. The van der Waals surface area contributed by atoms with Crippen molar-refractivity contribution in [2.75, 3.05) is 5.73 Å². The van der Waals surface area contributed by atoms with Crippen molar-refractivity contribution in [3.8, 4) is 34.3 Å². The lowest BCUT2D eigenvalue weighted by molar-refractivity contribution is 0.501. The zero-order valence-corrected chi connectivity index (χ0v) is 14.2. The van der Waals surface area contributed by atoms with Gasteiger partial charge in [-0.3, -0.25) is 0 Å². The topological polar surface area (TPSA) is 106 Å². The van der Waals surface area contributed by atoms with Crippen LogP contribution in [0.4, 0.5) is 14.6 Å². The molecule has 0 amide bonds. The average Bonchev–Trinajstić information content (AvgIpc) is 3.20. The Bertz CT molecular complexity index is 1210. The number of nitriles is 1. The first kappa shape index (κ1) is 17.2. The normalized spacial score (nSPS) is 10.6. The Hall–Kier alpha value is -4.19. The van der Waals surface area contributed by atoms with E-state index in [-0.39, 0.29) is 17.3 Å². The van der Waals surface area contributed by atoms with Gasteiger partial charge in [-0.15, -0.1) is 5.10 Å². The van der Waals surface area contributed by atoms with E-state index in [9.17, 15) is 8.78 Å². The summed E-state index contributed by atoms with van der Waals surface area (Å²) in [6, 6.07) is 14.4. The lowest BCUT2D eigenvalue weighted by atomic mass is 10.0. The van der Waals surface area contributed by atoms with Crippen LogP contribution in [0.25, 0.3) is 28.2 Å². The second-order valence-electron chi connectivity index (χ2n) is 5.83. The van der Waals surface area contributed by atoms with Crippen molar-refractivity contribution in [3.05, 3.63) is 71.9 Å². The Morgan fingerprint density at radius 2 is 1.82 bits per heavy atom. The average molecular weight is 375 g/mol. The summed E-state index contributed by atoms with van der Waals surface area (Å²) in [4.78, 5) is 4.16. The summed E-state index contributed by atoms with van der Waals surface area (Å²) >= 11 is 0. The molecule has 4 rings (SSSR count). The molecule has 0 radical (unpaired) electrons. The van der Waals surface area contributed by atoms with Crippen LogP contribution in [0.15, 0.2) is 54.7 Å².